The van der Waals surface area contributed by atoms with Crippen molar-refractivity contribution in [3.05, 3.63) is 0 Å². The highest BCUT2D eigenvalue weighted by molar-refractivity contribution is 8.79. The van der Waals surface area contributed by atoms with Crippen LogP contribution in [0.3, 0.4) is 0 Å². The van der Waals surface area contributed by atoms with E-state index in [1.54, 1.807) is 0 Å². The van der Waals surface area contributed by atoms with Crippen molar-refractivity contribution in [3.63, 3.8) is 0 Å². The Morgan fingerprint density at radius 2 is 1.00 bits per heavy atom. The Hall–Kier alpha value is 1.78. The summed E-state index contributed by atoms with van der Waals surface area (Å²) in [6.45, 7) is 12.5. The molecule has 17 heavy (non-hydrogen) atoms. The normalized spacial score (nSPS) is 18.0. The number of fused-ring (bicyclic) bond motifs is 2. The van der Waals surface area contributed by atoms with E-state index in [0.29, 0.717) is 0 Å². The lowest BCUT2D eigenvalue weighted by Crippen LogP contribution is -2.21. The monoisotopic (exact) mass is 366 g/mol. The average molecular weight is 366 g/mol. The molecular formula is C8H18O2P4S3. The minimum Gasteiger partial charge on any atom is -0.313 e. The Bertz CT molecular complexity index is 471. The Morgan fingerprint density at radius 3 is 1.24 bits per heavy atom. The van der Waals surface area contributed by atoms with Crippen molar-refractivity contribution in [2.45, 2.75) is 52.7 Å². The van der Waals surface area contributed by atoms with Gasteiger partial charge < -0.3 is 9.05 Å². The minimum absolute atomic E-state index is 0.0106. The van der Waals surface area contributed by atoms with Crippen molar-refractivity contribution in [1.82, 2.24) is 0 Å². The Balaban J connectivity index is 2.22. The highest BCUT2D eigenvalue weighted by Crippen LogP contribution is 2.80. The fourth-order valence-corrected chi connectivity index (χ4v) is 82.3. The summed E-state index contributed by atoms with van der Waals surface area (Å²) in [5, 5.41) is -0.0348. The second kappa shape index (κ2) is 5.28. The topological polar surface area (TPSA) is 18.5 Å². The molecule has 100 valence electrons. The van der Waals surface area contributed by atoms with Gasteiger partial charge in [-0.1, -0.05) is 31.6 Å². The van der Waals surface area contributed by atoms with Gasteiger partial charge in [-0.15, -0.1) is 0 Å². The van der Waals surface area contributed by atoms with E-state index in [9.17, 15) is 0 Å². The van der Waals surface area contributed by atoms with Gasteiger partial charge in [0.05, 0.1) is 22.0 Å². The molecule has 2 bridgehead atoms. The standard InChI is InChI=1S/C8H18O2P4S3/c1-7(2,3)9-11-13-16-12(10-8(4,5)6)14(15-11)17-13/h1-6H3. The Morgan fingerprint density at radius 1 is 0.647 bits per heavy atom. The smallest absolute Gasteiger partial charge is 0.118 e. The summed E-state index contributed by atoms with van der Waals surface area (Å²) < 4.78 is 12.4. The van der Waals surface area contributed by atoms with Crippen LogP contribution in [0.15, 0.2) is 0 Å². The van der Waals surface area contributed by atoms with Gasteiger partial charge in [-0.05, 0) is 41.5 Å². The Labute approximate surface area is 117 Å². The van der Waals surface area contributed by atoms with Crippen molar-refractivity contribution in [2.24, 2.45) is 0 Å². The molecule has 0 aliphatic heterocycles. The molecule has 2 heterocycles. The van der Waals surface area contributed by atoms with Crippen LogP contribution in [0.25, 0.3) is 0 Å². The zero-order valence-electron chi connectivity index (χ0n) is 10.8. The van der Waals surface area contributed by atoms with Crippen LogP contribution in [0.4, 0.5) is 0 Å². The van der Waals surface area contributed by atoms with E-state index in [0.717, 1.165) is 0 Å². The molecule has 4 unspecified atom stereocenters. The fraction of sp³-hybridized carbons (Fsp3) is 1.00. The van der Waals surface area contributed by atoms with E-state index >= 15 is 0 Å². The SMILES string of the molecule is CC(C)(C)Op1sp2sp1sp2OC(C)(C)C. The molecular weight excluding hydrogens is 348 g/mol. The molecule has 0 aliphatic carbocycles. The maximum Gasteiger partial charge on any atom is 0.118 e. The van der Waals surface area contributed by atoms with E-state index in [2.05, 4.69) is 73.2 Å². The van der Waals surface area contributed by atoms with Gasteiger partial charge in [0.1, 0.15) is 13.2 Å². The maximum absolute atomic E-state index is 6.20. The van der Waals surface area contributed by atoms with Crippen LogP contribution in [0.2, 0.25) is 0 Å². The molecule has 9 heteroatoms. The van der Waals surface area contributed by atoms with Crippen LogP contribution in [0.5, 0.6) is 0 Å². The van der Waals surface area contributed by atoms with Crippen molar-refractivity contribution in [1.29, 1.82) is 0 Å². The van der Waals surface area contributed by atoms with Crippen LogP contribution in [0.1, 0.15) is 41.5 Å². The van der Waals surface area contributed by atoms with Gasteiger partial charge in [0.25, 0.3) is 0 Å². The molecule has 0 spiro atoms. The summed E-state index contributed by atoms with van der Waals surface area (Å²) in [5.74, 6) is 0. The molecule has 2 aromatic rings. The quantitative estimate of drug-likeness (QED) is 0.562. The largest absolute Gasteiger partial charge is 0.313 e. The summed E-state index contributed by atoms with van der Waals surface area (Å²) in [5.41, 5.74) is 0.0213. The third-order valence-electron chi connectivity index (χ3n) is 1.39. The van der Waals surface area contributed by atoms with Crippen LogP contribution in [0, 0.1) is 0 Å². The van der Waals surface area contributed by atoms with Crippen LogP contribution in [-0.2, 0) is 0 Å². The van der Waals surface area contributed by atoms with Crippen molar-refractivity contribution in [2.75, 3.05) is 0 Å². The van der Waals surface area contributed by atoms with Crippen molar-refractivity contribution in [3.8, 4) is 0 Å². The molecule has 0 saturated heterocycles. The molecule has 0 N–H and O–H groups in total. The molecule has 0 aliphatic rings. The van der Waals surface area contributed by atoms with E-state index in [1.165, 1.54) is 0 Å². The first-order valence-electron chi connectivity index (χ1n) is 5.27. The van der Waals surface area contributed by atoms with Gasteiger partial charge in [-0.2, -0.15) is 0 Å². The van der Waals surface area contributed by atoms with E-state index in [-0.39, 0.29) is 35.2 Å². The summed E-state index contributed by atoms with van der Waals surface area (Å²) >= 11 is 0. The second-order valence-corrected chi connectivity index (χ2v) is 31.4. The van der Waals surface area contributed by atoms with Gasteiger partial charge in [0.15, 0.2) is 0 Å². The highest BCUT2D eigenvalue weighted by atomic mass is 33.4. The number of hydrogen-bond acceptors (Lipinski definition) is 5. The predicted molar refractivity (Wildman–Crippen MR) is 89.6 cm³/mol. The van der Waals surface area contributed by atoms with Gasteiger partial charge in [0, 0.05) is 0 Å². The number of rotatable bonds is 2. The third-order valence-corrected chi connectivity index (χ3v) is 47.8. The zero-order valence-corrected chi connectivity index (χ0v) is 16.9. The average Bonchev–Trinajstić information content (AvgIpc) is 2.56. The van der Waals surface area contributed by atoms with E-state index < -0.39 is 0 Å². The first kappa shape index (κ1) is 15.2. The fourth-order valence-electron chi connectivity index (χ4n) is 0.957. The summed E-state index contributed by atoms with van der Waals surface area (Å²) in [7, 11) is 6.43. The third kappa shape index (κ3) is 4.38. The summed E-state index contributed by atoms with van der Waals surface area (Å²) in [6, 6.07) is 0. The lowest BCUT2D eigenvalue weighted by atomic mass is 10.2. The van der Waals surface area contributed by atoms with Crippen LogP contribution >= 0.6 is 55.6 Å². The van der Waals surface area contributed by atoms with Gasteiger partial charge in [0.2, 0.25) is 0 Å². The highest BCUT2D eigenvalue weighted by Gasteiger charge is 2.22. The van der Waals surface area contributed by atoms with Crippen molar-refractivity contribution < 1.29 is 9.05 Å². The van der Waals surface area contributed by atoms with E-state index in [1.807, 2.05) is 0 Å². The Kier molecular flexibility index (Phi) is 4.72. The first-order valence-corrected chi connectivity index (χ1v) is 18.0. The summed E-state index contributed by atoms with van der Waals surface area (Å²) in [4.78, 5) is 0. The van der Waals surface area contributed by atoms with Crippen LogP contribution in [-0.4, -0.2) is 11.2 Å². The molecule has 2 nitrogen and oxygen atoms in total. The molecule has 0 amide bonds. The number of hydrogen-bond donors (Lipinski definition) is 0. The molecule has 2 rings (SSSR count). The summed E-state index contributed by atoms with van der Waals surface area (Å²) in [6.07, 6.45) is 0. The lowest BCUT2D eigenvalue weighted by molar-refractivity contribution is 0.207. The van der Waals surface area contributed by atoms with Crippen molar-refractivity contribution >= 4 is 55.6 Å². The van der Waals surface area contributed by atoms with Gasteiger partial charge in [-0.25, -0.2) is 0 Å². The lowest BCUT2D eigenvalue weighted by Gasteiger charge is -2.19. The molecule has 0 radical (unpaired) electrons. The molecule has 4 atom stereocenters. The van der Waals surface area contributed by atoms with Gasteiger partial charge >= 0.3 is 0 Å². The zero-order chi connectivity index (χ0) is 12.8. The predicted octanol–water partition coefficient (Wildman–Crippen LogP) is 7.15. The molecule has 0 saturated carbocycles. The first-order chi connectivity index (χ1) is 7.64. The van der Waals surface area contributed by atoms with Gasteiger partial charge in [-0.3, -0.25) is 0 Å². The second-order valence-electron chi connectivity index (χ2n) is 5.60. The van der Waals surface area contributed by atoms with Crippen LogP contribution < -0.4 is 9.05 Å². The van der Waals surface area contributed by atoms with E-state index in [4.69, 9.17) is 9.05 Å². The maximum atomic E-state index is 6.20. The minimum atomic E-state index is -0.243. The molecule has 0 aromatic carbocycles. The molecule has 2 aromatic heterocycles. The molecule has 0 fully saturated rings.